The predicted molar refractivity (Wildman–Crippen MR) is 157 cm³/mol. The lowest BCUT2D eigenvalue weighted by Gasteiger charge is -2.14. The van der Waals surface area contributed by atoms with Crippen molar-refractivity contribution in [1.29, 1.82) is 0 Å². The molecule has 0 aromatic carbocycles. The van der Waals surface area contributed by atoms with Crippen molar-refractivity contribution in [3.8, 4) is 0 Å². The molecule has 37 heavy (non-hydrogen) atoms. The van der Waals surface area contributed by atoms with Crippen LogP contribution in [0.3, 0.4) is 0 Å². The van der Waals surface area contributed by atoms with Gasteiger partial charge < -0.3 is 15.2 Å². The number of carboxylic acid groups (broad SMARTS) is 1. The number of carboxylic acids is 1. The lowest BCUT2D eigenvalue weighted by Crippen LogP contribution is -2.39. The molecule has 0 saturated carbocycles. The third-order valence-electron chi connectivity index (χ3n) is 7.35. The van der Waals surface area contributed by atoms with Crippen LogP contribution < -0.4 is 5.32 Å². The summed E-state index contributed by atoms with van der Waals surface area (Å²) < 4.78 is 5.29. The van der Waals surface area contributed by atoms with Crippen LogP contribution in [0.25, 0.3) is 0 Å². The Hall–Kier alpha value is -1.10. The third kappa shape index (κ3) is 27.7. The highest BCUT2D eigenvalue weighted by molar-refractivity contribution is 5.81. The molecule has 0 aliphatic carbocycles. The molecule has 1 atom stereocenters. The number of unbranched alkanes of at least 4 members (excludes halogenated alkanes) is 22. The van der Waals surface area contributed by atoms with Crippen molar-refractivity contribution in [3.63, 3.8) is 0 Å². The molecule has 0 spiro atoms. The molecule has 5 nitrogen and oxygen atoms in total. The first-order chi connectivity index (χ1) is 18.1. The van der Waals surface area contributed by atoms with Gasteiger partial charge in [0.05, 0.1) is 13.0 Å². The van der Waals surface area contributed by atoms with Crippen molar-refractivity contribution in [2.45, 2.75) is 180 Å². The Kier molecular flexibility index (Phi) is 28.6. The molecule has 0 bridgehead atoms. The Bertz CT molecular complexity index is 497. The molecule has 0 aliphatic rings. The number of esters is 1. The van der Waals surface area contributed by atoms with Crippen LogP contribution in [-0.4, -0.2) is 36.2 Å². The number of ether oxygens (including phenoxy) is 1. The largest absolute Gasteiger partial charge is 0.480 e. The van der Waals surface area contributed by atoms with Crippen LogP contribution in [-0.2, 0) is 14.3 Å². The van der Waals surface area contributed by atoms with Crippen LogP contribution in [0.4, 0.5) is 0 Å². The van der Waals surface area contributed by atoms with E-state index >= 15 is 0 Å². The van der Waals surface area contributed by atoms with E-state index in [0.29, 0.717) is 13.2 Å². The van der Waals surface area contributed by atoms with Crippen molar-refractivity contribution in [1.82, 2.24) is 5.32 Å². The maximum atomic E-state index is 12.1. The number of aliphatic carboxylic acids is 1. The lowest BCUT2D eigenvalue weighted by atomic mass is 10.0. The molecular formula is C32H63NO4. The summed E-state index contributed by atoms with van der Waals surface area (Å²) in [6.07, 6.45) is 30.6. The van der Waals surface area contributed by atoms with Gasteiger partial charge in [-0.3, -0.25) is 9.59 Å². The van der Waals surface area contributed by atoms with Gasteiger partial charge in [0, 0.05) is 0 Å². The lowest BCUT2D eigenvalue weighted by molar-refractivity contribution is -0.149. The SMILES string of the molecule is CCCCCCCCCCCCCCCCCOC(=O)CC(NCCCCCCCCCCC)C(=O)O. The normalized spacial score (nSPS) is 12.1. The van der Waals surface area contributed by atoms with Crippen LogP contribution in [0.2, 0.25) is 0 Å². The van der Waals surface area contributed by atoms with Gasteiger partial charge in [0.1, 0.15) is 6.04 Å². The fourth-order valence-electron chi connectivity index (χ4n) is 4.84. The van der Waals surface area contributed by atoms with E-state index in [9.17, 15) is 14.7 Å². The van der Waals surface area contributed by atoms with Crippen molar-refractivity contribution >= 4 is 11.9 Å². The van der Waals surface area contributed by atoms with Crippen LogP contribution in [0.15, 0.2) is 0 Å². The molecule has 5 heteroatoms. The van der Waals surface area contributed by atoms with Crippen LogP contribution >= 0.6 is 0 Å². The van der Waals surface area contributed by atoms with E-state index in [2.05, 4.69) is 19.2 Å². The first kappa shape index (κ1) is 35.9. The predicted octanol–water partition coefficient (Wildman–Crippen LogP) is 9.36. The van der Waals surface area contributed by atoms with E-state index in [1.165, 1.54) is 128 Å². The van der Waals surface area contributed by atoms with Crippen molar-refractivity contribution in [2.24, 2.45) is 0 Å². The number of carbonyl (C=O) groups is 2. The molecule has 0 amide bonds. The first-order valence-corrected chi connectivity index (χ1v) is 16.2. The summed E-state index contributed by atoms with van der Waals surface area (Å²) in [7, 11) is 0. The van der Waals surface area contributed by atoms with Gasteiger partial charge in [0.15, 0.2) is 0 Å². The molecule has 0 saturated heterocycles. The van der Waals surface area contributed by atoms with Gasteiger partial charge in [-0.2, -0.15) is 0 Å². The van der Waals surface area contributed by atoms with Crippen molar-refractivity contribution in [3.05, 3.63) is 0 Å². The van der Waals surface area contributed by atoms with Crippen molar-refractivity contribution < 1.29 is 19.4 Å². The van der Waals surface area contributed by atoms with E-state index in [4.69, 9.17) is 4.74 Å². The summed E-state index contributed by atoms with van der Waals surface area (Å²) >= 11 is 0. The molecule has 0 radical (unpaired) electrons. The molecule has 0 aromatic heterocycles. The Labute approximate surface area is 230 Å². The number of rotatable bonds is 30. The van der Waals surface area contributed by atoms with Gasteiger partial charge >= 0.3 is 11.9 Å². The highest BCUT2D eigenvalue weighted by Gasteiger charge is 2.21. The minimum atomic E-state index is -0.972. The second kappa shape index (κ2) is 29.5. The van der Waals surface area contributed by atoms with Crippen molar-refractivity contribution in [2.75, 3.05) is 13.2 Å². The average Bonchev–Trinajstić information content (AvgIpc) is 2.88. The number of nitrogens with one attached hydrogen (secondary N) is 1. The third-order valence-corrected chi connectivity index (χ3v) is 7.35. The van der Waals surface area contributed by atoms with Gasteiger partial charge in [-0.1, -0.05) is 155 Å². The molecule has 0 aliphatic heterocycles. The van der Waals surface area contributed by atoms with Gasteiger partial charge in [-0.15, -0.1) is 0 Å². The average molecular weight is 526 g/mol. The zero-order chi connectivity index (χ0) is 27.2. The summed E-state index contributed by atoms with van der Waals surface area (Å²) in [4.78, 5) is 23.5. The standard InChI is InChI=1S/C32H63NO4/c1-3-5-7-9-11-13-14-15-16-17-18-20-22-24-26-28-37-31(34)29-30(32(35)36)33-27-25-23-21-19-12-10-8-6-4-2/h30,33H,3-29H2,1-2H3,(H,35,36). The Balaban J connectivity index is 3.51. The van der Waals surface area contributed by atoms with Gasteiger partial charge in [0.2, 0.25) is 0 Å². The monoisotopic (exact) mass is 525 g/mol. The number of hydrogen-bond donors (Lipinski definition) is 2. The van der Waals surface area contributed by atoms with Crippen LogP contribution in [0.1, 0.15) is 174 Å². The zero-order valence-electron chi connectivity index (χ0n) is 24.8. The van der Waals surface area contributed by atoms with E-state index < -0.39 is 18.0 Å². The van der Waals surface area contributed by atoms with E-state index in [1.54, 1.807) is 0 Å². The number of hydrogen-bond acceptors (Lipinski definition) is 4. The number of carbonyl (C=O) groups excluding carboxylic acids is 1. The maximum Gasteiger partial charge on any atom is 0.321 e. The summed E-state index contributed by atoms with van der Waals surface area (Å²) in [5.41, 5.74) is 0. The second-order valence-electron chi connectivity index (χ2n) is 11.0. The highest BCUT2D eigenvalue weighted by atomic mass is 16.5. The first-order valence-electron chi connectivity index (χ1n) is 16.2. The molecule has 220 valence electrons. The summed E-state index contributed by atoms with van der Waals surface area (Å²) in [5, 5.41) is 12.4. The fourth-order valence-corrected chi connectivity index (χ4v) is 4.84. The smallest absolute Gasteiger partial charge is 0.321 e. The molecule has 0 fully saturated rings. The molecular weight excluding hydrogens is 462 g/mol. The van der Waals surface area contributed by atoms with Gasteiger partial charge in [-0.05, 0) is 19.4 Å². The Morgan fingerprint density at radius 2 is 0.919 bits per heavy atom. The van der Waals surface area contributed by atoms with E-state index in [0.717, 1.165) is 25.7 Å². The van der Waals surface area contributed by atoms with Crippen LogP contribution in [0.5, 0.6) is 0 Å². The second-order valence-corrected chi connectivity index (χ2v) is 11.0. The molecule has 1 unspecified atom stereocenters. The molecule has 2 N–H and O–H groups in total. The fraction of sp³-hybridized carbons (Fsp3) is 0.938. The van der Waals surface area contributed by atoms with Gasteiger partial charge in [0.25, 0.3) is 0 Å². The summed E-state index contributed by atoms with van der Waals surface area (Å²) in [5.74, 6) is -1.38. The molecule has 0 heterocycles. The molecule has 0 rings (SSSR count). The highest BCUT2D eigenvalue weighted by Crippen LogP contribution is 2.13. The quantitative estimate of drug-likeness (QED) is 0.0721. The summed E-state index contributed by atoms with van der Waals surface area (Å²) in [6.45, 7) is 5.55. The Morgan fingerprint density at radius 1 is 0.568 bits per heavy atom. The zero-order valence-corrected chi connectivity index (χ0v) is 24.8. The summed E-state index contributed by atoms with van der Waals surface area (Å²) in [6, 6.07) is -0.845. The molecule has 0 aromatic rings. The minimum Gasteiger partial charge on any atom is -0.480 e. The van der Waals surface area contributed by atoms with Gasteiger partial charge in [-0.25, -0.2) is 0 Å². The van der Waals surface area contributed by atoms with Crippen LogP contribution in [0, 0.1) is 0 Å². The minimum absolute atomic E-state index is 0.0918. The maximum absolute atomic E-state index is 12.1. The Morgan fingerprint density at radius 3 is 1.30 bits per heavy atom. The van der Waals surface area contributed by atoms with E-state index in [1.807, 2.05) is 0 Å². The van der Waals surface area contributed by atoms with E-state index in [-0.39, 0.29) is 6.42 Å². The topological polar surface area (TPSA) is 75.6 Å².